The van der Waals surface area contributed by atoms with E-state index in [4.69, 9.17) is 0 Å². The first-order valence-electron chi connectivity index (χ1n) is 8.06. The average Bonchev–Trinajstić information content (AvgIpc) is 3.08. The Labute approximate surface area is 155 Å². The highest BCUT2D eigenvalue weighted by Gasteiger charge is 2.13. The molecule has 0 saturated heterocycles. The first kappa shape index (κ1) is 17.8. The number of anilines is 1. The Hall–Kier alpha value is -3.06. The number of hydrogen-bond donors (Lipinski definition) is 2. The number of aryl methyl sites for hydroxylation is 2. The topological polar surface area (TPSA) is 84.0 Å². The molecular formula is C19H18N4O2S. The molecule has 132 valence electrons. The molecule has 2 aromatic carbocycles. The highest BCUT2D eigenvalue weighted by atomic mass is 32.1. The molecule has 0 unspecified atom stereocenters. The highest BCUT2D eigenvalue weighted by molar-refractivity contribution is 7.13. The number of benzene rings is 2. The zero-order chi connectivity index (χ0) is 18.5. The molecule has 2 N–H and O–H groups in total. The van der Waals surface area contributed by atoms with Gasteiger partial charge in [-0.25, -0.2) is 0 Å². The van der Waals surface area contributed by atoms with Gasteiger partial charge < -0.3 is 10.6 Å². The summed E-state index contributed by atoms with van der Waals surface area (Å²) in [6, 6.07) is 14.8. The fourth-order valence-electron chi connectivity index (χ4n) is 2.30. The van der Waals surface area contributed by atoms with Crippen molar-refractivity contribution in [2.75, 3.05) is 5.32 Å². The van der Waals surface area contributed by atoms with Crippen molar-refractivity contribution >= 4 is 28.8 Å². The van der Waals surface area contributed by atoms with Gasteiger partial charge in [0.2, 0.25) is 5.01 Å². The second-order valence-electron chi connectivity index (χ2n) is 5.83. The van der Waals surface area contributed by atoms with Crippen LogP contribution in [0.3, 0.4) is 0 Å². The van der Waals surface area contributed by atoms with Crippen LogP contribution < -0.4 is 10.6 Å². The van der Waals surface area contributed by atoms with Crippen molar-refractivity contribution in [3.63, 3.8) is 0 Å². The maximum atomic E-state index is 12.4. The predicted molar refractivity (Wildman–Crippen MR) is 101 cm³/mol. The molecule has 0 radical (unpaired) electrons. The molecule has 6 nitrogen and oxygen atoms in total. The summed E-state index contributed by atoms with van der Waals surface area (Å²) >= 11 is 1.22. The molecule has 3 aromatic rings. The van der Waals surface area contributed by atoms with Crippen LogP contribution >= 0.6 is 11.3 Å². The van der Waals surface area contributed by atoms with Crippen LogP contribution in [-0.2, 0) is 6.54 Å². The van der Waals surface area contributed by atoms with Gasteiger partial charge in [-0.15, -0.1) is 10.2 Å². The van der Waals surface area contributed by atoms with E-state index >= 15 is 0 Å². The molecule has 0 saturated carbocycles. The fourth-order valence-corrected chi connectivity index (χ4v) is 2.89. The van der Waals surface area contributed by atoms with Crippen molar-refractivity contribution in [1.82, 2.24) is 15.5 Å². The van der Waals surface area contributed by atoms with Gasteiger partial charge in [0, 0.05) is 17.8 Å². The third-order valence-corrected chi connectivity index (χ3v) is 4.51. The van der Waals surface area contributed by atoms with Crippen molar-refractivity contribution < 1.29 is 9.59 Å². The third-order valence-electron chi connectivity index (χ3n) is 3.68. The van der Waals surface area contributed by atoms with Gasteiger partial charge in [-0.1, -0.05) is 47.2 Å². The summed E-state index contributed by atoms with van der Waals surface area (Å²) in [7, 11) is 0. The van der Waals surface area contributed by atoms with Gasteiger partial charge in [-0.3, -0.25) is 9.59 Å². The second kappa shape index (κ2) is 7.88. The summed E-state index contributed by atoms with van der Waals surface area (Å²) in [5.41, 5.74) is 3.21. The molecule has 1 aromatic heterocycles. The second-order valence-corrected chi connectivity index (χ2v) is 7.01. The Morgan fingerprint density at radius 1 is 1.00 bits per heavy atom. The molecule has 3 rings (SSSR count). The number of nitrogens with zero attached hydrogens (tertiary/aromatic N) is 2. The molecule has 0 bridgehead atoms. The summed E-state index contributed by atoms with van der Waals surface area (Å²) in [6.07, 6.45) is 0. The van der Waals surface area contributed by atoms with Crippen molar-refractivity contribution in [2.45, 2.75) is 20.4 Å². The van der Waals surface area contributed by atoms with Crippen LogP contribution in [0.4, 0.5) is 5.69 Å². The van der Waals surface area contributed by atoms with Crippen LogP contribution in [0, 0.1) is 13.8 Å². The van der Waals surface area contributed by atoms with Crippen molar-refractivity contribution in [3.05, 3.63) is 75.2 Å². The Kier molecular flexibility index (Phi) is 5.38. The minimum Gasteiger partial charge on any atom is -0.348 e. The van der Waals surface area contributed by atoms with Crippen LogP contribution in [0.25, 0.3) is 0 Å². The molecule has 2 amide bonds. The predicted octanol–water partition coefficient (Wildman–Crippen LogP) is 3.34. The molecule has 1 heterocycles. The van der Waals surface area contributed by atoms with Gasteiger partial charge >= 0.3 is 0 Å². The molecule has 0 aliphatic carbocycles. The van der Waals surface area contributed by atoms with Crippen molar-refractivity contribution in [3.8, 4) is 0 Å². The normalized spacial score (nSPS) is 10.4. The lowest BCUT2D eigenvalue weighted by Gasteiger charge is -2.08. The SMILES string of the molecule is Cc1ccc(CNC(=O)c2cccc(NC(=O)c3nnc(C)s3)c2)cc1. The van der Waals surface area contributed by atoms with Gasteiger partial charge in [0.1, 0.15) is 5.01 Å². The number of aromatic nitrogens is 2. The van der Waals surface area contributed by atoms with Crippen LogP contribution in [0.15, 0.2) is 48.5 Å². The summed E-state index contributed by atoms with van der Waals surface area (Å²) < 4.78 is 0. The molecule has 7 heteroatoms. The molecular weight excluding hydrogens is 348 g/mol. The molecule has 26 heavy (non-hydrogen) atoms. The number of carbonyl (C=O) groups is 2. The van der Waals surface area contributed by atoms with Crippen LogP contribution in [0.5, 0.6) is 0 Å². The quantitative estimate of drug-likeness (QED) is 0.725. The molecule has 0 fully saturated rings. The van der Waals surface area contributed by atoms with E-state index in [1.165, 1.54) is 16.9 Å². The highest BCUT2D eigenvalue weighted by Crippen LogP contribution is 2.14. The first-order valence-corrected chi connectivity index (χ1v) is 8.88. The summed E-state index contributed by atoms with van der Waals surface area (Å²) in [5, 5.41) is 14.3. The molecule has 0 aliphatic heterocycles. The average molecular weight is 366 g/mol. The monoisotopic (exact) mass is 366 g/mol. The van der Waals surface area contributed by atoms with E-state index in [2.05, 4.69) is 20.8 Å². The smallest absolute Gasteiger partial charge is 0.286 e. The molecule has 0 spiro atoms. The van der Waals surface area contributed by atoms with E-state index in [1.807, 2.05) is 31.2 Å². The van der Waals surface area contributed by atoms with Crippen LogP contribution in [-0.4, -0.2) is 22.0 Å². The largest absolute Gasteiger partial charge is 0.348 e. The Morgan fingerprint density at radius 3 is 2.46 bits per heavy atom. The van der Waals surface area contributed by atoms with E-state index in [0.29, 0.717) is 17.8 Å². The van der Waals surface area contributed by atoms with E-state index in [-0.39, 0.29) is 16.8 Å². The minimum atomic E-state index is -0.340. The van der Waals surface area contributed by atoms with Crippen molar-refractivity contribution in [2.24, 2.45) is 0 Å². The maximum Gasteiger partial charge on any atom is 0.286 e. The third kappa shape index (κ3) is 4.52. The number of carbonyl (C=O) groups excluding carboxylic acids is 2. The fraction of sp³-hybridized carbons (Fsp3) is 0.158. The lowest BCUT2D eigenvalue weighted by Crippen LogP contribution is -2.23. The minimum absolute atomic E-state index is 0.201. The summed E-state index contributed by atoms with van der Waals surface area (Å²) in [6.45, 7) is 4.25. The zero-order valence-electron chi connectivity index (χ0n) is 14.4. The standard InChI is InChI=1S/C19H18N4O2S/c1-12-6-8-14(9-7-12)11-20-17(24)15-4-3-5-16(10-15)21-18(25)19-23-22-13(2)26-19/h3-10H,11H2,1-2H3,(H,20,24)(H,21,25). The lowest BCUT2D eigenvalue weighted by atomic mass is 10.1. The van der Waals surface area contributed by atoms with Crippen LogP contribution in [0.1, 0.15) is 36.3 Å². The number of hydrogen-bond acceptors (Lipinski definition) is 5. The van der Waals surface area contributed by atoms with Gasteiger partial charge in [0.05, 0.1) is 0 Å². The zero-order valence-corrected chi connectivity index (χ0v) is 15.3. The summed E-state index contributed by atoms with van der Waals surface area (Å²) in [4.78, 5) is 24.5. The van der Waals surface area contributed by atoms with Crippen LogP contribution in [0.2, 0.25) is 0 Å². The summed E-state index contributed by atoms with van der Waals surface area (Å²) in [5.74, 6) is -0.541. The van der Waals surface area contributed by atoms with Gasteiger partial charge in [-0.2, -0.15) is 0 Å². The number of rotatable bonds is 5. The Balaban J connectivity index is 1.63. The first-order chi connectivity index (χ1) is 12.5. The lowest BCUT2D eigenvalue weighted by molar-refractivity contribution is 0.0949. The van der Waals surface area contributed by atoms with Crippen molar-refractivity contribution in [1.29, 1.82) is 0 Å². The molecule has 0 atom stereocenters. The van der Waals surface area contributed by atoms with Gasteiger partial charge in [-0.05, 0) is 37.6 Å². The van der Waals surface area contributed by atoms with Gasteiger partial charge in [0.15, 0.2) is 0 Å². The Bertz CT molecular complexity index is 935. The Morgan fingerprint density at radius 2 is 1.77 bits per heavy atom. The van der Waals surface area contributed by atoms with E-state index in [0.717, 1.165) is 10.6 Å². The van der Waals surface area contributed by atoms with E-state index in [1.54, 1.807) is 31.2 Å². The molecule has 0 aliphatic rings. The maximum absolute atomic E-state index is 12.4. The number of amides is 2. The van der Waals surface area contributed by atoms with E-state index in [9.17, 15) is 9.59 Å². The van der Waals surface area contributed by atoms with Gasteiger partial charge in [0.25, 0.3) is 11.8 Å². The number of nitrogens with one attached hydrogen (secondary N) is 2. The van der Waals surface area contributed by atoms with E-state index < -0.39 is 0 Å².